The number of benzene rings is 1. The minimum absolute atomic E-state index is 0.0174. The smallest absolute Gasteiger partial charge is 0.261 e. The molecule has 1 N–H and O–H groups in total. The Labute approximate surface area is 126 Å². The number of nitrogens with one attached hydrogen (secondary N) is 1. The molecule has 0 atom stereocenters. The summed E-state index contributed by atoms with van der Waals surface area (Å²) in [6.45, 7) is 4.90. The zero-order valence-electron chi connectivity index (χ0n) is 10.4. The first-order valence-corrected chi connectivity index (χ1v) is 8.36. The van der Waals surface area contributed by atoms with Crippen LogP contribution in [0.4, 0.5) is 5.69 Å². The molecule has 0 saturated carbocycles. The monoisotopic (exact) mass is 343 g/mol. The zero-order chi connectivity index (χ0) is 15.0. The van der Waals surface area contributed by atoms with Crippen molar-refractivity contribution in [2.24, 2.45) is 5.92 Å². The lowest BCUT2D eigenvalue weighted by atomic mass is 10.1. The fourth-order valence-corrected chi connectivity index (χ4v) is 3.21. The summed E-state index contributed by atoms with van der Waals surface area (Å²) in [5, 5.41) is 2.63. The molecule has 0 fully saturated rings. The van der Waals surface area contributed by atoms with E-state index in [9.17, 15) is 13.2 Å². The molecule has 1 amide bonds. The van der Waals surface area contributed by atoms with Gasteiger partial charge in [0, 0.05) is 16.6 Å². The van der Waals surface area contributed by atoms with Crippen LogP contribution in [0.25, 0.3) is 0 Å². The summed E-state index contributed by atoms with van der Waals surface area (Å²) in [6, 6.07) is 1.17. The van der Waals surface area contributed by atoms with Gasteiger partial charge in [-0.3, -0.25) is 4.79 Å². The number of amides is 1. The molecule has 0 radical (unpaired) electrons. The summed E-state index contributed by atoms with van der Waals surface area (Å²) in [7, 11) is 1.33. The normalized spacial score (nSPS) is 11.7. The van der Waals surface area contributed by atoms with Crippen molar-refractivity contribution in [2.45, 2.75) is 25.7 Å². The first-order chi connectivity index (χ1) is 8.55. The minimum atomic E-state index is -3.95. The minimum Gasteiger partial charge on any atom is -0.323 e. The van der Waals surface area contributed by atoms with Gasteiger partial charge in [-0.05, 0) is 18.6 Å². The molecular formula is C11H12Cl3NO3S. The largest absolute Gasteiger partial charge is 0.323 e. The van der Waals surface area contributed by atoms with Crippen molar-refractivity contribution >= 4 is 54.5 Å². The topological polar surface area (TPSA) is 63.2 Å². The molecule has 1 rings (SSSR count). The third kappa shape index (κ3) is 3.75. The van der Waals surface area contributed by atoms with Gasteiger partial charge >= 0.3 is 0 Å². The van der Waals surface area contributed by atoms with Crippen molar-refractivity contribution < 1.29 is 13.2 Å². The van der Waals surface area contributed by atoms with Crippen molar-refractivity contribution in [1.29, 1.82) is 0 Å². The molecule has 1 aromatic carbocycles. The molecule has 4 nitrogen and oxygen atoms in total. The van der Waals surface area contributed by atoms with Crippen LogP contribution in [-0.4, -0.2) is 14.3 Å². The molecular weight excluding hydrogens is 333 g/mol. The Bertz CT molecular complexity index is 627. The summed E-state index contributed by atoms with van der Waals surface area (Å²) in [4.78, 5) is 11.5. The van der Waals surface area contributed by atoms with Crippen LogP contribution in [-0.2, 0) is 13.8 Å². The Hall–Kier alpha value is -0.490. The molecule has 0 aliphatic heterocycles. The quantitative estimate of drug-likeness (QED) is 0.848. The molecule has 0 spiro atoms. The predicted molar refractivity (Wildman–Crippen MR) is 77.7 cm³/mol. The van der Waals surface area contributed by atoms with E-state index in [1.54, 1.807) is 13.8 Å². The number of carbonyl (C=O) groups excluding carboxylic acids is 1. The average Bonchev–Trinajstić information content (AvgIpc) is 2.27. The maximum absolute atomic E-state index is 11.6. The second-order valence-electron chi connectivity index (χ2n) is 4.25. The molecule has 1 aromatic rings. The maximum Gasteiger partial charge on any atom is 0.261 e. The number of hydrogen-bond acceptors (Lipinski definition) is 3. The summed E-state index contributed by atoms with van der Waals surface area (Å²) >= 11 is 12.0. The van der Waals surface area contributed by atoms with Crippen LogP contribution in [0.3, 0.4) is 0 Å². The van der Waals surface area contributed by atoms with Gasteiger partial charge in [-0.2, -0.15) is 0 Å². The van der Waals surface area contributed by atoms with E-state index in [2.05, 4.69) is 5.32 Å². The molecule has 0 heterocycles. The fraction of sp³-hybridized carbons (Fsp3) is 0.364. The SMILES string of the molecule is Cc1c(S(=O)(=O)Cl)cc(Cl)c(NC(=O)C(C)C)c1Cl. The molecule has 8 heteroatoms. The second kappa shape index (κ2) is 5.87. The van der Waals surface area contributed by atoms with Crippen LogP contribution in [0.5, 0.6) is 0 Å². The van der Waals surface area contributed by atoms with E-state index in [0.717, 1.165) is 0 Å². The van der Waals surface area contributed by atoms with E-state index in [-0.39, 0.29) is 38.0 Å². The lowest BCUT2D eigenvalue weighted by molar-refractivity contribution is -0.118. The highest BCUT2D eigenvalue weighted by atomic mass is 35.7. The number of hydrogen-bond donors (Lipinski definition) is 1. The van der Waals surface area contributed by atoms with Crippen molar-refractivity contribution in [3.63, 3.8) is 0 Å². The molecule has 0 aliphatic rings. The van der Waals surface area contributed by atoms with E-state index in [4.69, 9.17) is 33.9 Å². The molecule has 0 aromatic heterocycles. The lowest BCUT2D eigenvalue weighted by Crippen LogP contribution is -2.18. The Morgan fingerprint density at radius 2 is 1.84 bits per heavy atom. The Kier molecular flexibility index (Phi) is 5.12. The highest BCUT2D eigenvalue weighted by Gasteiger charge is 2.22. The number of rotatable bonds is 3. The Morgan fingerprint density at radius 3 is 2.26 bits per heavy atom. The Morgan fingerprint density at radius 1 is 1.32 bits per heavy atom. The van der Waals surface area contributed by atoms with Gasteiger partial charge in [-0.1, -0.05) is 37.0 Å². The number of carbonyl (C=O) groups is 1. The van der Waals surface area contributed by atoms with Gasteiger partial charge < -0.3 is 5.32 Å². The first-order valence-electron chi connectivity index (χ1n) is 5.29. The first kappa shape index (κ1) is 16.6. The van der Waals surface area contributed by atoms with E-state index >= 15 is 0 Å². The van der Waals surface area contributed by atoms with Gasteiger partial charge in [0.25, 0.3) is 9.05 Å². The average molecular weight is 345 g/mol. The van der Waals surface area contributed by atoms with E-state index < -0.39 is 9.05 Å². The summed E-state index contributed by atoms with van der Waals surface area (Å²) in [5.41, 5.74) is 0.420. The van der Waals surface area contributed by atoms with Crippen LogP contribution < -0.4 is 5.32 Å². The van der Waals surface area contributed by atoms with E-state index in [1.165, 1.54) is 13.0 Å². The molecule has 19 heavy (non-hydrogen) atoms. The fourth-order valence-electron chi connectivity index (χ4n) is 1.33. The van der Waals surface area contributed by atoms with Crippen LogP contribution in [0, 0.1) is 12.8 Å². The van der Waals surface area contributed by atoms with Gasteiger partial charge in [0.1, 0.15) is 0 Å². The van der Waals surface area contributed by atoms with Crippen LogP contribution in [0.1, 0.15) is 19.4 Å². The predicted octanol–water partition coefficient (Wildman–Crippen LogP) is 3.82. The standard InChI is InChI=1S/C11H12Cl3NO3S/c1-5(2)11(16)15-10-7(12)4-8(19(14,17)18)6(3)9(10)13/h4-5H,1-3H3,(H,15,16). The number of anilines is 1. The summed E-state index contributed by atoms with van der Waals surface area (Å²) < 4.78 is 22.7. The van der Waals surface area contributed by atoms with Gasteiger partial charge in [-0.25, -0.2) is 8.42 Å². The van der Waals surface area contributed by atoms with Crippen LogP contribution in [0.15, 0.2) is 11.0 Å². The molecule has 0 saturated heterocycles. The van der Waals surface area contributed by atoms with E-state index in [0.29, 0.717) is 0 Å². The highest BCUT2D eigenvalue weighted by molar-refractivity contribution is 8.13. The van der Waals surface area contributed by atoms with Crippen molar-refractivity contribution in [1.82, 2.24) is 0 Å². The maximum atomic E-state index is 11.6. The molecule has 0 bridgehead atoms. The molecule has 0 unspecified atom stereocenters. The third-order valence-corrected chi connectivity index (χ3v) is 4.67. The van der Waals surface area contributed by atoms with Crippen molar-refractivity contribution in [3.05, 3.63) is 21.7 Å². The van der Waals surface area contributed by atoms with Crippen LogP contribution in [0.2, 0.25) is 10.0 Å². The highest BCUT2D eigenvalue weighted by Crippen LogP contribution is 2.38. The third-order valence-electron chi connectivity index (χ3n) is 2.45. The zero-order valence-corrected chi connectivity index (χ0v) is 13.5. The molecule has 106 valence electrons. The number of halogens is 3. The van der Waals surface area contributed by atoms with E-state index in [1.807, 2.05) is 0 Å². The van der Waals surface area contributed by atoms with Gasteiger partial charge in [0.2, 0.25) is 5.91 Å². The van der Waals surface area contributed by atoms with Gasteiger partial charge in [0.05, 0.1) is 20.6 Å². The lowest BCUT2D eigenvalue weighted by Gasteiger charge is -2.14. The molecule has 0 aliphatic carbocycles. The summed E-state index contributed by atoms with van der Waals surface area (Å²) in [5.74, 6) is -0.534. The summed E-state index contributed by atoms with van der Waals surface area (Å²) in [6.07, 6.45) is 0. The second-order valence-corrected chi connectivity index (χ2v) is 7.57. The van der Waals surface area contributed by atoms with Crippen molar-refractivity contribution in [3.8, 4) is 0 Å². The Balaban J connectivity index is 3.39. The van der Waals surface area contributed by atoms with Crippen molar-refractivity contribution in [2.75, 3.05) is 5.32 Å². The van der Waals surface area contributed by atoms with Crippen LogP contribution >= 0.6 is 33.9 Å². The van der Waals surface area contributed by atoms with Gasteiger partial charge in [-0.15, -0.1) is 0 Å². The van der Waals surface area contributed by atoms with Gasteiger partial charge in [0.15, 0.2) is 0 Å².